The molecule has 11 aromatic rings. The summed E-state index contributed by atoms with van der Waals surface area (Å²) >= 11 is 1.92. The first kappa shape index (κ1) is 43.0. The fraction of sp³-hybridized carbons (Fsp3) is 0.167. The molecule has 0 bridgehead atoms. The molecular weight excluding hydrogens is 897 g/mol. The van der Waals surface area contributed by atoms with E-state index in [0.717, 1.165) is 0 Å². The second-order valence-corrected chi connectivity index (χ2v) is 24.7. The molecule has 0 atom stereocenters. The van der Waals surface area contributed by atoms with E-state index < -0.39 is 0 Å². The van der Waals surface area contributed by atoms with Crippen LogP contribution in [0.3, 0.4) is 0 Å². The summed E-state index contributed by atoms with van der Waals surface area (Å²) in [6.07, 6.45) is 0. The van der Waals surface area contributed by atoms with Crippen LogP contribution in [-0.2, 0) is 21.7 Å². The Kier molecular flexibility index (Phi) is 8.58. The van der Waals surface area contributed by atoms with Crippen molar-refractivity contribution in [1.29, 1.82) is 0 Å². The second kappa shape index (κ2) is 14.6. The zero-order chi connectivity index (χ0) is 49.5. The maximum Gasteiger partial charge on any atom is 0.0349 e. The van der Waals surface area contributed by atoms with Crippen LogP contribution >= 0.6 is 11.3 Å². The van der Waals surface area contributed by atoms with Gasteiger partial charge in [0.2, 0.25) is 0 Å². The summed E-state index contributed by atoms with van der Waals surface area (Å²) in [5.41, 5.74) is 29.7. The maximum atomic E-state index is 2.57. The Morgan fingerprint density at radius 3 is 0.959 bits per heavy atom. The zero-order valence-electron chi connectivity index (χ0n) is 42.9. The Balaban J connectivity index is 0.771. The molecule has 4 aliphatic carbocycles. The van der Waals surface area contributed by atoms with E-state index in [1.54, 1.807) is 0 Å². The summed E-state index contributed by atoms with van der Waals surface area (Å²) < 4.78 is 0. The van der Waals surface area contributed by atoms with Gasteiger partial charge in [-0.2, -0.15) is 0 Å². The highest BCUT2D eigenvalue weighted by Gasteiger charge is 2.45. The molecule has 1 heterocycles. The van der Waals surface area contributed by atoms with Crippen molar-refractivity contribution in [3.63, 3.8) is 0 Å². The van der Waals surface area contributed by atoms with Gasteiger partial charge in [0.1, 0.15) is 0 Å². The predicted octanol–water partition coefficient (Wildman–Crippen LogP) is 19.9. The minimum Gasteiger partial charge on any atom is -0.135 e. The fourth-order valence-electron chi connectivity index (χ4n) is 14.3. The van der Waals surface area contributed by atoms with Crippen LogP contribution in [0.5, 0.6) is 0 Å². The second-order valence-electron chi connectivity index (χ2n) is 23.6. The van der Waals surface area contributed by atoms with Crippen molar-refractivity contribution in [2.75, 3.05) is 0 Å². The highest BCUT2D eigenvalue weighted by molar-refractivity contribution is 7.18. The molecule has 10 aromatic carbocycles. The van der Waals surface area contributed by atoms with Crippen LogP contribution in [-0.4, -0.2) is 0 Å². The standard InChI is InChI=1S/C72H56S/c1-69(2)57-33-43(27-29-47(57)53-37-61-55(39-59(53)69)67-49-25-17-15-23-45(49)51(35-63(67)71(61,5)6)41-19-11-9-12-20-41)65-31-32-66(73-65)44-28-30-48-54-38-62-56(40-60(54)70(3,4)58(48)34-44)68-50-26-18-16-24-46(50)52(36-64(68)72(62,7)8)42-21-13-10-14-22-42/h9-40H,1-8H3. The zero-order valence-corrected chi connectivity index (χ0v) is 43.7. The Bertz CT molecular complexity index is 3950. The van der Waals surface area contributed by atoms with Gasteiger partial charge in [0, 0.05) is 31.4 Å². The van der Waals surface area contributed by atoms with E-state index in [4.69, 9.17) is 0 Å². The normalized spacial score (nSPS) is 16.1. The van der Waals surface area contributed by atoms with Crippen molar-refractivity contribution in [3.8, 4) is 87.6 Å². The van der Waals surface area contributed by atoms with E-state index in [1.807, 2.05) is 11.3 Å². The fourth-order valence-corrected chi connectivity index (χ4v) is 15.3. The average molecular weight is 953 g/mol. The van der Waals surface area contributed by atoms with Crippen LogP contribution in [0.1, 0.15) is 99.9 Å². The molecule has 0 fully saturated rings. The Morgan fingerprint density at radius 2 is 0.548 bits per heavy atom. The van der Waals surface area contributed by atoms with E-state index in [-0.39, 0.29) is 21.7 Å². The molecule has 0 radical (unpaired) electrons. The van der Waals surface area contributed by atoms with Crippen molar-refractivity contribution in [2.45, 2.75) is 77.0 Å². The minimum atomic E-state index is -0.154. The van der Waals surface area contributed by atoms with E-state index in [9.17, 15) is 0 Å². The lowest BCUT2D eigenvalue weighted by molar-refractivity contribution is 0.652. The molecule has 0 saturated carbocycles. The third-order valence-electron chi connectivity index (χ3n) is 18.3. The van der Waals surface area contributed by atoms with E-state index in [0.29, 0.717) is 0 Å². The molecule has 0 unspecified atom stereocenters. The van der Waals surface area contributed by atoms with Gasteiger partial charge in [0.15, 0.2) is 0 Å². The molecule has 15 rings (SSSR count). The van der Waals surface area contributed by atoms with Gasteiger partial charge in [-0.05, 0) is 205 Å². The maximum absolute atomic E-state index is 2.57. The largest absolute Gasteiger partial charge is 0.135 e. The SMILES string of the molecule is CC1(C)c2cc(-c3ccc(-c4ccc5c(c4)C(C)(C)c4cc6c(cc4-5)C(C)(C)c4cc(-c5ccccc5)c5ccccc5c4-6)s3)ccc2-c2cc3c(cc21)-c1c(cc(-c2ccccc2)c2ccccc12)C3(C)C. The molecule has 73 heavy (non-hydrogen) atoms. The highest BCUT2D eigenvalue weighted by Crippen LogP contribution is 2.61. The van der Waals surface area contributed by atoms with Gasteiger partial charge in [-0.25, -0.2) is 0 Å². The number of rotatable bonds is 4. The van der Waals surface area contributed by atoms with Crippen molar-refractivity contribution in [3.05, 3.63) is 239 Å². The molecule has 0 spiro atoms. The van der Waals surface area contributed by atoms with Crippen molar-refractivity contribution in [1.82, 2.24) is 0 Å². The number of hydrogen-bond donors (Lipinski definition) is 0. The highest BCUT2D eigenvalue weighted by atomic mass is 32.1. The molecule has 0 aliphatic heterocycles. The summed E-state index contributed by atoms with van der Waals surface area (Å²) in [6, 6.07) is 74.5. The summed E-state index contributed by atoms with van der Waals surface area (Å²) in [4.78, 5) is 2.62. The number of hydrogen-bond acceptors (Lipinski definition) is 1. The van der Waals surface area contributed by atoms with Crippen LogP contribution in [0.15, 0.2) is 194 Å². The van der Waals surface area contributed by atoms with Crippen LogP contribution in [0.25, 0.3) is 109 Å². The molecule has 0 N–H and O–H groups in total. The molecule has 1 aromatic heterocycles. The molecule has 0 nitrogen and oxygen atoms in total. The molecule has 0 saturated heterocycles. The van der Waals surface area contributed by atoms with Gasteiger partial charge in [0.05, 0.1) is 0 Å². The van der Waals surface area contributed by atoms with Crippen LogP contribution in [0.2, 0.25) is 0 Å². The van der Waals surface area contributed by atoms with Crippen LogP contribution in [0, 0.1) is 0 Å². The predicted molar refractivity (Wildman–Crippen MR) is 311 cm³/mol. The lowest BCUT2D eigenvalue weighted by Crippen LogP contribution is -2.17. The third-order valence-corrected chi connectivity index (χ3v) is 19.5. The molecule has 4 aliphatic rings. The molecular formula is C72H56S. The Morgan fingerprint density at radius 1 is 0.233 bits per heavy atom. The molecule has 350 valence electrons. The van der Waals surface area contributed by atoms with Crippen molar-refractivity contribution < 1.29 is 0 Å². The summed E-state index contributed by atoms with van der Waals surface area (Å²) in [6.45, 7) is 19.5. The van der Waals surface area contributed by atoms with Crippen LogP contribution in [0.4, 0.5) is 0 Å². The number of fused-ring (bicyclic) bond motifs is 16. The van der Waals surface area contributed by atoms with Crippen LogP contribution < -0.4 is 0 Å². The van der Waals surface area contributed by atoms with Gasteiger partial charge in [-0.3, -0.25) is 0 Å². The Hall–Kier alpha value is -7.58. The number of thiophene rings is 1. The van der Waals surface area contributed by atoms with Gasteiger partial charge < -0.3 is 0 Å². The summed E-state index contributed by atoms with van der Waals surface area (Å²) in [7, 11) is 0. The third kappa shape index (κ3) is 5.72. The average Bonchev–Trinajstić information content (AvgIpc) is 4.17. The lowest BCUT2D eigenvalue weighted by Gasteiger charge is -2.24. The molecule has 0 amide bonds. The first-order valence-electron chi connectivity index (χ1n) is 26.2. The first-order chi connectivity index (χ1) is 35.2. The smallest absolute Gasteiger partial charge is 0.0349 e. The van der Waals surface area contributed by atoms with E-state index in [2.05, 4.69) is 250 Å². The number of benzene rings is 10. The van der Waals surface area contributed by atoms with Crippen molar-refractivity contribution in [2.24, 2.45) is 0 Å². The van der Waals surface area contributed by atoms with E-state index >= 15 is 0 Å². The summed E-state index contributed by atoms with van der Waals surface area (Å²) in [5, 5.41) is 5.32. The lowest BCUT2D eigenvalue weighted by atomic mass is 9.79. The minimum absolute atomic E-state index is 0.144. The monoisotopic (exact) mass is 952 g/mol. The van der Waals surface area contributed by atoms with E-state index in [1.165, 1.54) is 154 Å². The topological polar surface area (TPSA) is 0 Å². The van der Waals surface area contributed by atoms with Crippen molar-refractivity contribution >= 4 is 32.9 Å². The van der Waals surface area contributed by atoms with Gasteiger partial charge in [-0.1, -0.05) is 189 Å². The summed E-state index contributed by atoms with van der Waals surface area (Å²) in [5.74, 6) is 0. The van der Waals surface area contributed by atoms with Gasteiger partial charge in [-0.15, -0.1) is 11.3 Å². The quantitative estimate of drug-likeness (QED) is 0.165. The Labute approximate surface area is 433 Å². The first-order valence-corrected chi connectivity index (χ1v) is 27.1. The van der Waals surface area contributed by atoms with Gasteiger partial charge >= 0.3 is 0 Å². The van der Waals surface area contributed by atoms with Gasteiger partial charge in [0.25, 0.3) is 0 Å². The molecule has 1 heteroatoms.